The summed E-state index contributed by atoms with van der Waals surface area (Å²) in [6, 6.07) is 0. The van der Waals surface area contributed by atoms with Gasteiger partial charge in [0.25, 0.3) is 0 Å². The molecule has 3 aliphatic carbocycles. The summed E-state index contributed by atoms with van der Waals surface area (Å²) in [4.78, 5) is 0. The number of allylic oxidation sites excluding steroid dienone is 2. The van der Waals surface area contributed by atoms with Crippen LogP contribution in [0.3, 0.4) is 0 Å². The minimum atomic E-state index is 0.502. The quantitative estimate of drug-likeness (QED) is 0.536. The highest BCUT2D eigenvalue weighted by atomic mass is 14.6. The minimum Gasteiger partial charge on any atom is -0.103 e. The molecule has 0 aromatic rings. The molecule has 6 atom stereocenters. The SMILES string of the molecule is C=CCC1(CC=C)C2CC(C)CCC2C2CCC(C)CC21. The maximum Gasteiger partial charge on any atom is -0.0166 e. The number of hydrogen-bond donors (Lipinski definition) is 0. The van der Waals surface area contributed by atoms with E-state index in [0.29, 0.717) is 5.41 Å². The van der Waals surface area contributed by atoms with Crippen molar-refractivity contribution in [3.63, 3.8) is 0 Å². The van der Waals surface area contributed by atoms with Crippen LogP contribution in [0.15, 0.2) is 25.3 Å². The predicted octanol–water partition coefficient (Wildman–Crippen LogP) is 6.24. The molecule has 6 unspecified atom stereocenters. The second-order valence-corrected chi connectivity index (χ2v) is 8.60. The molecule has 3 rings (SSSR count). The average molecular weight is 287 g/mol. The second kappa shape index (κ2) is 5.94. The van der Waals surface area contributed by atoms with Gasteiger partial charge in [-0.05, 0) is 79.4 Å². The van der Waals surface area contributed by atoms with Gasteiger partial charge in [0, 0.05) is 0 Å². The van der Waals surface area contributed by atoms with E-state index < -0.39 is 0 Å². The first kappa shape index (κ1) is 15.4. The van der Waals surface area contributed by atoms with Gasteiger partial charge in [-0.25, -0.2) is 0 Å². The fraction of sp³-hybridized carbons (Fsp3) is 0.810. The van der Waals surface area contributed by atoms with Crippen LogP contribution in [-0.2, 0) is 0 Å². The number of rotatable bonds is 4. The van der Waals surface area contributed by atoms with Crippen LogP contribution in [0, 0.1) is 40.9 Å². The lowest BCUT2D eigenvalue weighted by Crippen LogP contribution is -2.36. The highest BCUT2D eigenvalue weighted by Gasteiger charge is 2.59. The summed E-state index contributed by atoms with van der Waals surface area (Å²) in [5.74, 6) is 5.77. The Morgan fingerprint density at radius 2 is 1.24 bits per heavy atom. The molecule has 0 aromatic carbocycles. The van der Waals surface area contributed by atoms with Gasteiger partial charge in [0.15, 0.2) is 0 Å². The summed E-state index contributed by atoms with van der Waals surface area (Å²) >= 11 is 0. The van der Waals surface area contributed by atoms with E-state index >= 15 is 0 Å². The monoisotopic (exact) mass is 286 g/mol. The molecule has 0 heterocycles. The van der Waals surface area contributed by atoms with Crippen molar-refractivity contribution < 1.29 is 0 Å². The Kier molecular flexibility index (Phi) is 4.35. The average Bonchev–Trinajstić information content (AvgIpc) is 2.70. The maximum atomic E-state index is 4.13. The molecule has 3 fully saturated rings. The highest BCUT2D eigenvalue weighted by Crippen LogP contribution is 2.67. The van der Waals surface area contributed by atoms with Crippen molar-refractivity contribution in [2.75, 3.05) is 0 Å². The van der Waals surface area contributed by atoms with E-state index in [9.17, 15) is 0 Å². The first-order chi connectivity index (χ1) is 10.1. The van der Waals surface area contributed by atoms with Crippen molar-refractivity contribution in [1.82, 2.24) is 0 Å². The highest BCUT2D eigenvalue weighted by molar-refractivity contribution is 5.12. The van der Waals surface area contributed by atoms with Crippen LogP contribution in [0.2, 0.25) is 0 Å². The number of fused-ring (bicyclic) bond motifs is 3. The molecule has 3 aliphatic rings. The predicted molar refractivity (Wildman–Crippen MR) is 92.1 cm³/mol. The molecule has 0 aliphatic heterocycles. The van der Waals surface area contributed by atoms with E-state index in [1.807, 2.05) is 0 Å². The van der Waals surface area contributed by atoms with Crippen molar-refractivity contribution in [2.24, 2.45) is 40.9 Å². The third-order valence-corrected chi connectivity index (χ3v) is 7.41. The zero-order valence-corrected chi connectivity index (χ0v) is 14.2. The van der Waals surface area contributed by atoms with E-state index in [1.54, 1.807) is 0 Å². The third kappa shape index (κ3) is 2.43. The van der Waals surface area contributed by atoms with Gasteiger partial charge in [0.05, 0.1) is 0 Å². The molecular weight excluding hydrogens is 252 g/mol. The molecule has 3 saturated carbocycles. The van der Waals surface area contributed by atoms with Crippen molar-refractivity contribution in [2.45, 2.75) is 65.2 Å². The third-order valence-electron chi connectivity index (χ3n) is 7.41. The van der Waals surface area contributed by atoms with Crippen molar-refractivity contribution in [1.29, 1.82) is 0 Å². The largest absolute Gasteiger partial charge is 0.103 e. The Morgan fingerprint density at radius 1 is 0.810 bits per heavy atom. The van der Waals surface area contributed by atoms with Gasteiger partial charge in [-0.1, -0.05) is 38.8 Å². The maximum absolute atomic E-state index is 4.13. The lowest BCUT2D eigenvalue weighted by Gasteiger charge is -2.44. The van der Waals surface area contributed by atoms with E-state index in [4.69, 9.17) is 0 Å². The first-order valence-electron chi connectivity index (χ1n) is 9.34. The molecule has 0 spiro atoms. The summed E-state index contributed by atoms with van der Waals surface area (Å²) in [7, 11) is 0. The second-order valence-electron chi connectivity index (χ2n) is 8.60. The van der Waals surface area contributed by atoms with Crippen LogP contribution >= 0.6 is 0 Å². The molecule has 0 N–H and O–H groups in total. The molecule has 0 amide bonds. The minimum absolute atomic E-state index is 0.502. The van der Waals surface area contributed by atoms with Crippen molar-refractivity contribution >= 4 is 0 Å². The Labute approximate surface area is 132 Å². The van der Waals surface area contributed by atoms with E-state index in [0.717, 1.165) is 35.5 Å². The van der Waals surface area contributed by atoms with E-state index in [1.165, 1.54) is 51.4 Å². The van der Waals surface area contributed by atoms with Gasteiger partial charge in [-0.2, -0.15) is 0 Å². The zero-order chi connectivity index (χ0) is 15.0. The molecule has 0 radical (unpaired) electrons. The standard InChI is InChI=1S/C21H34/c1-5-11-21(12-6-2)19-13-15(3)7-9-17(19)18-10-8-16(4)14-20(18)21/h5-6,15-20H,1-2,7-14H2,3-4H3. The lowest BCUT2D eigenvalue weighted by atomic mass is 9.60. The molecule has 0 nitrogen and oxygen atoms in total. The summed E-state index contributed by atoms with van der Waals surface area (Å²) in [6.45, 7) is 13.2. The molecule has 0 heteroatoms. The molecule has 0 saturated heterocycles. The first-order valence-corrected chi connectivity index (χ1v) is 9.34. The molecular formula is C21H34. The van der Waals surface area contributed by atoms with Crippen LogP contribution in [0.1, 0.15) is 65.2 Å². The Balaban J connectivity index is 1.99. The smallest absolute Gasteiger partial charge is 0.0166 e. The fourth-order valence-corrected chi connectivity index (χ4v) is 6.66. The van der Waals surface area contributed by atoms with Crippen molar-refractivity contribution in [3.8, 4) is 0 Å². The summed E-state index contributed by atoms with van der Waals surface area (Å²) in [5, 5.41) is 0. The van der Waals surface area contributed by atoms with Gasteiger partial charge in [0.1, 0.15) is 0 Å². The van der Waals surface area contributed by atoms with Crippen LogP contribution < -0.4 is 0 Å². The van der Waals surface area contributed by atoms with Gasteiger partial charge in [-0.3, -0.25) is 0 Å². The molecule has 0 aromatic heterocycles. The Bertz CT molecular complexity index is 355. The Morgan fingerprint density at radius 3 is 1.62 bits per heavy atom. The van der Waals surface area contributed by atoms with Crippen molar-refractivity contribution in [3.05, 3.63) is 25.3 Å². The van der Waals surface area contributed by atoms with Gasteiger partial charge in [-0.15, -0.1) is 13.2 Å². The van der Waals surface area contributed by atoms with Gasteiger partial charge < -0.3 is 0 Å². The van der Waals surface area contributed by atoms with E-state index in [-0.39, 0.29) is 0 Å². The van der Waals surface area contributed by atoms with Crippen LogP contribution in [0.4, 0.5) is 0 Å². The molecule has 21 heavy (non-hydrogen) atoms. The van der Waals surface area contributed by atoms with Crippen LogP contribution in [0.25, 0.3) is 0 Å². The summed E-state index contributed by atoms with van der Waals surface area (Å²) < 4.78 is 0. The fourth-order valence-electron chi connectivity index (χ4n) is 6.66. The van der Waals surface area contributed by atoms with E-state index in [2.05, 4.69) is 39.2 Å². The summed E-state index contributed by atoms with van der Waals surface area (Å²) in [6.07, 6.45) is 15.8. The zero-order valence-electron chi connectivity index (χ0n) is 14.2. The summed E-state index contributed by atoms with van der Waals surface area (Å²) in [5.41, 5.74) is 0.502. The van der Waals surface area contributed by atoms with Gasteiger partial charge in [0.2, 0.25) is 0 Å². The van der Waals surface area contributed by atoms with Crippen LogP contribution in [0.5, 0.6) is 0 Å². The normalized spacial score (nSPS) is 44.7. The molecule has 0 bridgehead atoms. The topological polar surface area (TPSA) is 0 Å². The Hall–Kier alpha value is -0.520. The lowest BCUT2D eigenvalue weighted by molar-refractivity contribution is 0.0636. The number of hydrogen-bond acceptors (Lipinski definition) is 0. The van der Waals surface area contributed by atoms with Gasteiger partial charge >= 0.3 is 0 Å². The molecule has 118 valence electrons. The van der Waals surface area contributed by atoms with Crippen LogP contribution in [-0.4, -0.2) is 0 Å².